The van der Waals surface area contributed by atoms with Crippen LogP contribution in [-0.2, 0) is 14.9 Å². The Kier molecular flexibility index (Phi) is 4.04. The van der Waals surface area contributed by atoms with Crippen LogP contribution in [-0.4, -0.2) is 43.7 Å². The lowest BCUT2D eigenvalue weighted by atomic mass is 9.61. The van der Waals surface area contributed by atoms with Crippen LogP contribution >= 0.6 is 0 Å². The highest BCUT2D eigenvalue weighted by Gasteiger charge is 2.62. The first-order valence-corrected chi connectivity index (χ1v) is 7.02. The van der Waals surface area contributed by atoms with Crippen LogP contribution in [0.4, 0.5) is 0 Å². The molecule has 4 heteroatoms. The average molecular weight is 277 g/mol. The van der Waals surface area contributed by atoms with Gasteiger partial charge in [-0.1, -0.05) is 19.1 Å². The largest absolute Gasteiger partial charge is 0.497 e. The second kappa shape index (κ2) is 5.44. The smallest absolute Gasteiger partial charge is 0.319 e. The summed E-state index contributed by atoms with van der Waals surface area (Å²) in [6.07, 6.45) is 0. The van der Waals surface area contributed by atoms with Gasteiger partial charge in [0.2, 0.25) is 0 Å². The molecule has 0 bridgehead atoms. The van der Waals surface area contributed by atoms with Crippen LogP contribution in [0.2, 0.25) is 0 Å². The van der Waals surface area contributed by atoms with Crippen molar-refractivity contribution in [2.24, 2.45) is 0 Å². The first kappa shape index (κ1) is 14.9. The molecule has 0 N–H and O–H groups in total. The molecule has 1 aliphatic rings. The molecule has 0 spiro atoms. The van der Waals surface area contributed by atoms with Crippen molar-refractivity contribution in [3.05, 3.63) is 29.8 Å². The van der Waals surface area contributed by atoms with E-state index in [1.807, 2.05) is 24.3 Å². The summed E-state index contributed by atoms with van der Waals surface area (Å²) >= 11 is 0. The molecule has 4 nitrogen and oxygen atoms in total. The van der Waals surface area contributed by atoms with E-state index in [9.17, 15) is 4.79 Å². The number of hydrogen-bond acceptors (Lipinski definition) is 4. The van der Waals surface area contributed by atoms with E-state index < -0.39 is 5.41 Å². The summed E-state index contributed by atoms with van der Waals surface area (Å²) in [5.41, 5.74) is 0.354. The fraction of sp³-hybridized carbons (Fsp3) is 0.562. The molecular weight excluding hydrogens is 254 g/mol. The minimum Gasteiger partial charge on any atom is -0.497 e. The standard InChI is InChI=1S/C16H23NO3/c1-6-17-11(2)16(12(17)3,15(18)20-5)13-8-7-9-14(10-13)19-4/h7-12H,6H2,1-5H3. The molecule has 20 heavy (non-hydrogen) atoms. The van der Waals surface area contributed by atoms with Crippen LogP contribution in [0, 0.1) is 0 Å². The van der Waals surface area contributed by atoms with Gasteiger partial charge >= 0.3 is 5.97 Å². The normalized spacial score (nSPS) is 29.6. The lowest BCUT2D eigenvalue weighted by molar-refractivity contribution is -0.168. The van der Waals surface area contributed by atoms with E-state index in [2.05, 4.69) is 25.7 Å². The first-order chi connectivity index (χ1) is 9.53. The van der Waals surface area contributed by atoms with Crippen LogP contribution < -0.4 is 4.74 Å². The molecule has 2 atom stereocenters. The highest BCUT2D eigenvalue weighted by Crippen LogP contribution is 2.47. The van der Waals surface area contributed by atoms with E-state index in [1.165, 1.54) is 7.11 Å². The number of nitrogens with zero attached hydrogens (tertiary/aromatic N) is 1. The van der Waals surface area contributed by atoms with Crippen LogP contribution in [0.25, 0.3) is 0 Å². The Hall–Kier alpha value is -1.55. The Morgan fingerprint density at radius 1 is 1.30 bits per heavy atom. The number of esters is 1. The van der Waals surface area contributed by atoms with Crippen molar-refractivity contribution in [2.75, 3.05) is 20.8 Å². The third-order valence-electron chi connectivity index (χ3n) is 4.75. The molecule has 0 aliphatic carbocycles. The van der Waals surface area contributed by atoms with Crippen molar-refractivity contribution in [3.63, 3.8) is 0 Å². The molecule has 1 aromatic carbocycles. The van der Waals surface area contributed by atoms with Gasteiger partial charge in [-0.25, -0.2) is 0 Å². The van der Waals surface area contributed by atoms with Crippen molar-refractivity contribution in [1.82, 2.24) is 4.90 Å². The Bertz CT molecular complexity index is 490. The third kappa shape index (κ3) is 1.82. The van der Waals surface area contributed by atoms with Gasteiger partial charge in [-0.2, -0.15) is 0 Å². The van der Waals surface area contributed by atoms with Gasteiger partial charge in [0.1, 0.15) is 11.2 Å². The maximum atomic E-state index is 12.5. The maximum Gasteiger partial charge on any atom is 0.319 e. The van der Waals surface area contributed by atoms with Gasteiger partial charge in [0, 0.05) is 12.1 Å². The highest BCUT2D eigenvalue weighted by molar-refractivity contribution is 5.87. The first-order valence-electron chi connectivity index (χ1n) is 7.02. The van der Waals surface area contributed by atoms with Gasteiger partial charge in [0.05, 0.1) is 14.2 Å². The quantitative estimate of drug-likeness (QED) is 0.791. The number of methoxy groups -OCH3 is 2. The van der Waals surface area contributed by atoms with Gasteiger partial charge < -0.3 is 9.47 Å². The maximum absolute atomic E-state index is 12.5. The fourth-order valence-corrected chi connectivity index (χ4v) is 3.66. The summed E-state index contributed by atoms with van der Waals surface area (Å²) in [5.74, 6) is 0.593. The number of rotatable bonds is 4. The van der Waals surface area contributed by atoms with E-state index in [0.29, 0.717) is 0 Å². The van der Waals surface area contributed by atoms with Gasteiger partial charge in [-0.3, -0.25) is 9.69 Å². The molecule has 2 rings (SSSR count). The second-order valence-electron chi connectivity index (χ2n) is 5.27. The number of likely N-dealkylation sites (N-methyl/N-ethyl adjacent to an activating group) is 1. The molecule has 1 aliphatic heterocycles. The van der Waals surface area contributed by atoms with Crippen molar-refractivity contribution in [2.45, 2.75) is 38.3 Å². The van der Waals surface area contributed by atoms with E-state index in [4.69, 9.17) is 9.47 Å². The Balaban J connectivity index is 2.51. The average Bonchev–Trinajstić information content (AvgIpc) is 2.48. The monoisotopic (exact) mass is 277 g/mol. The summed E-state index contributed by atoms with van der Waals surface area (Å²) in [5, 5.41) is 0. The third-order valence-corrected chi connectivity index (χ3v) is 4.75. The van der Waals surface area contributed by atoms with E-state index in [0.717, 1.165) is 17.9 Å². The molecule has 0 aromatic heterocycles. The molecule has 0 radical (unpaired) electrons. The van der Waals surface area contributed by atoms with Crippen LogP contribution in [0.1, 0.15) is 26.3 Å². The van der Waals surface area contributed by atoms with Crippen molar-refractivity contribution >= 4 is 5.97 Å². The minimum atomic E-state index is -0.612. The lowest BCUT2D eigenvalue weighted by Gasteiger charge is -2.59. The molecule has 1 aromatic rings. The predicted octanol–water partition coefficient (Wildman–Crippen LogP) is 2.22. The number of carbonyl (C=O) groups excluding carboxylic acids is 1. The zero-order valence-corrected chi connectivity index (χ0v) is 12.8. The van der Waals surface area contributed by atoms with Gasteiger partial charge in [0.25, 0.3) is 0 Å². The van der Waals surface area contributed by atoms with E-state index >= 15 is 0 Å². The van der Waals surface area contributed by atoms with Gasteiger partial charge in [-0.05, 0) is 38.1 Å². The summed E-state index contributed by atoms with van der Waals surface area (Å²) in [7, 11) is 3.09. The molecule has 1 saturated heterocycles. The number of ether oxygens (including phenoxy) is 2. The Labute approximate surface area is 120 Å². The summed E-state index contributed by atoms with van der Waals surface area (Å²) in [6, 6.07) is 7.97. The van der Waals surface area contributed by atoms with Crippen molar-refractivity contribution < 1.29 is 14.3 Å². The number of hydrogen-bond donors (Lipinski definition) is 0. The van der Waals surface area contributed by atoms with Gasteiger partial charge in [0.15, 0.2) is 0 Å². The summed E-state index contributed by atoms with van der Waals surface area (Å²) in [4.78, 5) is 14.8. The topological polar surface area (TPSA) is 38.8 Å². The zero-order valence-electron chi connectivity index (χ0n) is 12.8. The minimum absolute atomic E-state index is 0.113. The van der Waals surface area contributed by atoms with Crippen molar-refractivity contribution in [3.8, 4) is 5.75 Å². The number of carbonyl (C=O) groups is 1. The molecule has 0 saturated carbocycles. The summed E-state index contributed by atoms with van der Waals surface area (Å²) in [6.45, 7) is 7.20. The van der Waals surface area contributed by atoms with Crippen LogP contribution in [0.15, 0.2) is 24.3 Å². The van der Waals surface area contributed by atoms with E-state index in [-0.39, 0.29) is 18.1 Å². The molecular formula is C16H23NO3. The zero-order chi connectivity index (χ0) is 14.9. The predicted molar refractivity (Wildman–Crippen MR) is 78.0 cm³/mol. The molecule has 1 fully saturated rings. The Morgan fingerprint density at radius 3 is 2.45 bits per heavy atom. The molecule has 2 unspecified atom stereocenters. The van der Waals surface area contributed by atoms with Gasteiger partial charge in [-0.15, -0.1) is 0 Å². The SMILES string of the molecule is CCN1C(C)C(C(=O)OC)(c2cccc(OC)c2)C1C. The van der Waals surface area contributed by atoms with Crippen molar-refractivity contribution in [1.29, 1.82) is 0 Å². The van der Waals surface area contributed by atoms with E-state index in [1.54, 1.807) is 7.11 Å². The Morgan fingerprint density at radius 2 is 1.95 bits per heavy atom. The molecule has 110 valence electrons. The number of likely N-dealkylation sites (tertiary alicyclic amines) is 1. The van der Waals surface area contributed by atoms with Crippen LogP contribution in [0.5, 0.6) is 5.75 Å². The second-order valence-corrected chi connectivity index (χ2v) is 5.27. The van der Waals surface area contributed by atoms with Crippen LogP contribution in [0.3, 0.4) is 0 Å². The lowest BCUT2D eigenvalue weighted by Crippen LogP contribution is -2.75. The highest BCUT2D eigenvalue weighted by atomic mass is 16.5. The molecule has 0 amide bonds. The summed E-state index contributed by atoms with van der Waals surface area (Å²) < 4.78 is 10.4. The molecule has 1 heterocycles. The fourth-order valence-electron chi connectivity index (χ4n) is 3.66. The number of benzene rings is 1.